The van der Waals surface area contributed by atoms with E-state index in [1.807, 2.05) is 51.1 Å². The van der Waals surface area contributed by atoms with Crippen molar-refractivity contribution in [1.29, 1.82) is 0 Å². The molecule has 9 heteroatoms. The van der Waals surface area contributed by atoms with Gasteiger partial charge in [0, 0.05) is 11.4 Å². The maximum atomic E-state index is 12.9. The molecule has 0 radical (unpaired) electrons. The van der Waals surface area contributed by atoms with Crippen LogP contribution in [0.2, 0.25) is 5.02 Å². The first-order valence-electron chi connectivity index (χ1n) is 10.9. The number of amides is 3. The molecule has 0 aliphatic carbocycles. The van der Waals surface area contributed by atoms with Crippen molar-refractivity contribution >= 4 is 45.8 Å². The molecule has 178 valence electrons. The van der Waals surface area contributed by atoms with Gasteiger partial charge in [0.05, 0.1) is 28.7 Å². The third-order valence-electron chi connectivity index (χ3n) is 5.12. The summed E-state index contributed by atoms with van der Waals surface area (Å²) >= 11 is 7.39. The van der Waals surface area contributed by atoms with Crippen LogP contribution in [0.15, 0.2) is 60.0 Å². The fourth-order valence-corrected chi connectivity index (χ4v) is 4.26. The van der Waals surface area contributed by atoms with Crippen molar-refractivity contribution in [3.8, 4) is 0 Å². The number of anilines is 1. The van der Waals surface area contributed by atoms with Crippen molar-refractivity contribution in [2.45, 2.75) is 39.3 Å². The van der Waals surface area contributed by atoms with E-state index in [2.05, 4.69) is 15.6 Å². The van der Waals surface area contributed by atoms with E-state index in [9.17, 15) is 14.4 Å². The largest absolute Gasteiger partial charge is 0.349 e. The summed E-state index contributed by atoms with van der Waals surface area (Å²) in [5, 5.41) is 8.11. The summed E-state index contributed by atoms with van der Waals surface area (Å²) in [5.74, 6) is -0.854. The number of nitrogens with zero attached hydrogens (tertiary/aromatic N) is 2. The highest BCUT2D eigenvalue weighted by atomic mass is 35.5. The lowest BCUT2D eigenvalue weighted by atomic mass is 10.1. The van der Waals surface area contributed by atoms with Crippen LogP contribution in [-0.2, 0) is 16.0 Å². The summed E-state index contributed by atoms with van der Waals surface area (Å²) in [4.78, 5) is 43.7. The molecule has 0 aliphatic heterocycles. The summed E-state index contributed by atoms with van der Waals surface area (Å²) in [6.45, 7) is 5.44. The summed E-state index contributed by atoms with van der Waals surface area (Å²) < 4.78 is 0. The number of carbonyl (C=O) groups is 3. The Labute approximate surface area is 208 Å². The Morgan fingerprint density at radius 1 is 1.00 bits per heavy atom. The number of halogens is 1. The Morgan fingerprint density at radius 2 is 1.68 bits per heavy atom. The van der Waals surface area contributed by atoms with E-state index in [-0.39, 0.29) is 42.8 Å². The van der Waals surface area contributed by atoms with Crippen molar-refractivity contribution in [2.75, 3.05) is 11.9 Å². The van der Waals surface area contributed by atoms with E-state index in [0.29, 0.717) is 21.4 Å². The van der Waals surface area contributed by atoms with E-state index in [4.69, 9.17) is 11.6 Å². The van der Waals surface area contributed by atoms with E-state index in [1.54, 1.807) is 29.6 Å². The second-order valence-electron chi connectivity index (χ2n) is 8.08. The number of benzene rings is 2. The van der Waals surface area contributed by atoms with Crippen LogP contribution in [0, 0.1) is 0 Å². The molecular formula is C25H27ClN4O3S. The third kappa shape index (κ3) is 6.88. The summed E-state index contributed by atoms with van der Waals surface area (Å²) in [5.41, 5.74) is 1.92. The predicted octanol–water partition coefficient (Wildman–Crippen LogP) is 4.71. The summed E-state index contributed by atoms with van der Waals surface area (Å²) in [7, 11) is 0. The molecule has 0 saturated carbocycles. The molecule has 0 fully saturated rings. The molecule has 0 bridgehead atoms. The highest BCUT2D eigenvalue weighted by molar-refractivity contribution is 7.13. The smallest absolute Gasteiger partial charge is 0.256 e. The van der Waals surface area contributed by atoms with Crippen LogP contribution in [0.1, 0.15) is 48.4 Å². The maximum Gasteiger partial charge on any atom is 0.256 e. The first-order chi connectivity index (χ1) is 16.2. The molecule has 1 aromatic heterocycles. The minimum absolute atomic E-state index is 0.104. The van der Waals surface area contributed by atoms with Gasteiger partial charge in [-0.3, -0.25) is 14.4 Å². The van der Waals surface area contributed by atoms with Crippen molar-refractivity contribution in [3.05, 3.63) is 81.8 Å². The molecular weight excluding hydrogens is 472 g/mol. The van der Waals surface area contributed by atoms with Crippen LogP contribution in [0.3, 0.4) is 0 Å². The average molecular weight is 499 g/mol. The molecule has 3 rings (SSSR count). The Hall–Kier alpha value is -3.23. The molecule has 0 spiro atoms. The summed E-state index contributed by atoms with van der Waals surface area (Å²) in [6.07, 6.45) is 0.104. The molecule has 3 aromatic rings. The van der Waals surface area contributed by atoms with Gasteiger partial charge in [-0.15, -0.1) is 11.3 Å². The predicted molar refractivity (Wildman–Crippen MR) is 135 cm³/mol. The van der Waals surface area contributed by atoms with Crippen LogP contribution < -0.4 is 10.6 Å². The first-order valence-corrected chi connectivity index (χ1v) is 12.1. The normalized spacial score (nSPS) is 11.7. The average Bonchev–Trinajstić information content (AvgIpc) is 3.24. The Morgan fingerprint density at radius 3 is 2.35 bits per heavy atom. The monoisotopic (exact) mass is 498 g/mol. The van der Waals surface area contributed by atoms with Gasteiger partial charge in [-0.05, 0) is 38.5 Å². The van der Waals surface area contributed by atoms with Crippen LogP contribution in [-0.4, -0.2) is 40.2 Å². The Bertz CT molecular complexity index is 1150. The van der Waals surface area contributed by atoms with Crippen LogP contribution in [0.4, 0.5) is 5.13 Å². The highest BCUT2D eigenvalue weighted by Gasteiger charge is 2.23. The fraction of sp³-hybridized carbons (Fsp3) is 0.280. The second-order valence-corrected chi connectivity index (χ2v) is 9.34. The number of carbonyl (C=O) groups excluding carboxylic acids is 3. The number of hydrogen-bond acceptors (Lipinski definition) is 5. The molecule has 0 saturated heterocycles. The van der Waals surface area contributed by atoms with Crippen LogP contribution >= 0.6 is 22.9 Å². The van der Waals surface area contributed by atoms with E-state index >= 15 is 0 Å². The fourth-order valence-electron chi connectivity index (χ4n) is 3.32. The lowest BCUT2D eigenvalue weighted by Crippen LogP contribution is -2.42. The van der Waals surface area contributed by atoms with Crippen molar-refractivity contribution in [2.24, 2.45) is 0 Å². The molecule has 0 aliphatic rings. The third-order valence-corrected chi connectivity index (χ3v) is 6.26. The van der Waals surface area contributed by atoms with Crippen molar-refractivity contribution in [3.63, 3.8) is 0 Å². The zero-order chi connectivity index (χ0) is 24.7. The number of nitrogens with one attached hydrogen (secondary N) is 2. The Kier molecular flexibility index (Phi) is 8.79. The van der Waals surface area contributed by atoms with Gasteiger partial charge in [-0.1, -0.05) is 54.1 Å². The number of rotatable bonds is 9. The SMILES string of the molecule is CC(NC(=O)Cc1csc(NC(=O)CN(C(=O)c2ccccc2Cl)C(C)C)n1)c1ccccc1. The Balaban J connectivity index is 1.56. The molecule has 7 nitrogen and oxygen atoms in total. The minimum atomic E-state index is -0.378. The zero-order valence-electron chi connectivity index (χ0n) is 19.2. The lowest BCUT2D eigenvalue weighted by molar-refractivity contribution is -0.121. The number of aromatic nitrogens is 1. The van der Waals surface area contributed by atoms with Gasteiger partial charge >= 0.3 is 0 Å². The molecule has 2 aromatic carbocycles. The van der Waals surface area contributed by atoms with Gasteiger partial charge < -0.3 is 15.5 Å². The van der Waals surface area contributed by atoms with E-state index in [0.717, 1.165) is 5.56 Å². The van der Waals surface area contributed by atoms with Gasteiger partial charge in [0.1, 0.15) is 6.54 Å². The molecule has 34 heavy (non-hydrogen) atoms. The molecule has 3 amide bonds. The van der Waals surface area contributed by atoms with Gasteiger partial charge in [0.2, 0.25) is 11.8 Å². The minimum Gasteiger partial charge on any atom is -0.349 e. The van der Waals surface area contributed by atoms with E-state index in [1.165, 1.54) is 16.2 Å². The maximum absolute atomic E-state index is 12.9. The summed E-state index contributed by atoms with van der Waals surface area (Å²) in [6, 6.07) is 16.1. The van der Waals surface area contributed by atoms with Crippen LogP contribution in [0.5, 0.6) is 0 Å². The number of thiazole rings is 1. The quantitative estimate of drug-likeness (QED) is 0.447. The molecule has 1 heterocycles. The van der Waals surface area contributed by atoms with Gasteiger partial charge in [-0.25, -0.2) is 4.98 Å². The van der Waals surface area contributed by atoms with Gasteiger partial charge in [0.15, 0.2) is 5.13 Å². The van der Waals surface area contributed by atoms with Crippen molar-refractivity contribution in [1.82, 2.24) is 15.2 Å². The first kappa shape index (κ1) is 25.4. The lowest BCUT2D eigenvalue weighted by Gasteiger charge is -2.26. The zero-order valence-corrected chi connectivity index (χ0v) is 20.8. The van der Waals surface area contributed by atoms with Crippen molar-refractivity contribution < 1.29 is 14.4 Å². The number of hydrogen-bond donors (Lipinski definition) is 2. The molecule has 1 atom stereocenters. The van der Waals surface area contributed by atoms with Gasteiger partial charge in [0.25, 0.3) is 5.91 Å². The van der Waals surface area contributed by atoms with E-state index < -0.39 is 0 Å². The standard InChI is InChI=1S/C25H27ClN4O3S/c1-16(2)30(24(33)20-11-7-8-12-21(20)26)14-23(32)29-25-28-19(15-34-25)13-22(31)27-17(3)18-9-5-4-6-10-18/h4-12,15-17H,13-14H2,1-3H3,(H,27,31)(H,28,29,32). The van der Waals surface area contributed by atoms with Gasteiger partial charge in [-0.2, -0.15) is 0 Å². The second kappa shape index (κ2) is 11.8. The van der Waals surface area contributed by atoms with Crippen LogP contribution in [0.25, 0.3) is 0 Å². The highest BCUT2D eigenvalue weighted by Crippen LogP contribution is 2.20. The molecule has 2 N–H and O–H groups in total. The topological polar surface area (TPSA) is 91.4 Å². The molecule has 1 unspecified atom stereocenters.